The van der Waals surface area contributed by atoms with Crippen molar-refractivity contribution in [3.05, 3.63) is 245 Å². The van der Waals surface area contributed by atoms with Gasteiger partial charge in [-0.05, 0) is 96.1 Å². The smallest absolute Gasteiger partial charge is 0.164 e. The molecule has 13 rings (SSSR count). The van der Waals surface area contributed by atoms with E-state index in [1.807, 2.05) is 170 Å². The van der Waals surface area contributed by atoms with Gasteiger partial charge in [0.1, 0.15) is 0 Å². The molecule has 82 heavy (non-hydrogen) atoms. The number of hydrogen-bond acceptors (Lipinski definition) is 10. The lowest BCUT2D eigenvalue weighted by Gasteiger charge is -2.20. The fourth-order valence-electron chi connectivity index (χ4n) is 11.2. The summed E-state index contributed by atoms with van der Waals surface area (Å²) < 4.78 is 4.34. The topological polar surface area (TPSA) is 215 Å². The van der Waals surface area contributed by atoms with E-state index in [1.54, 1.807) is 6.07 Å². The molecular weight excluding hydrogens is 1010 g/mol. The second-order valence-electron chi connectivity index (χ2n) is 19.3. The van der Waals surface area contributed by atoms with Gasteiger partial charge in [-0.3, -0.25) is 0 Å². The third-order valence-corrected chi connectivity index (χ3v) is 14.8. The van der Waals surface area contributed by atoms with Crippen molar-refractivity contribution in [1.29, 1.82) is 36.8 Å². The summed E-state index contributed by atoms with van der Waals surface area (Å²) in [5.74, 6) is 1.39. The van der Waals surface area contributed by atoms with Gasteiger partial charge in [-0.1, -0.05) is 121 Å². The van der Waals surface area contributed by atoms with Crippen molar-refractivity contribution in [2.75, 3.05) is 0 Å². The van der Waals surface area contributed by atoms with Crippen LogP contribution < -0.4 is 0 Å². The fraction of sp³-hybridized carbons (Fsp3) is 0. The molecule has 0 saturated heterocycles. The van der Waals surface area contributed by atoms with Crippen molar-refractivity contribution >= 4 is 43.6 Å². The molecule has 10 aromatic carbocycles. The van der Waals surface area contributed by atoms with Gasteiger partial charge < -0.3 is 9.13 Å². The van der Waals surface area contributed by atoms with Crippen LogP contribution in [0.4, 0.5) is 0 Å². The maximum absolute atomic E-state index is 10.7. The van der Waals surface area contributed by atoms with Crippen LogP contribution in [-0.2, 0) is 0 Å². The van der Waals surface area contributed by atoms with Gasteiger partial charge in [-0.25, -0.2) is 15.0 Å². The predicted molar refractivity (Wildman–Crippen MR) is 314 cm³/mol. The van der Waals surface area contributed by atoms with Gasteiger partial charge in [0.05, 0.1) is 115 Å². The van der Waals surface area contributed by atoms with Gasteiger partial charge in [0, 0.05) is 60.5 Å². The first-order valence-corrected chi connectivity index (χ1v) is 25.7. The Bertz CT molecular complexity index is 5070. The highest BCUT2D eigenvalue weighted by molar-refractivity contribution is 6.13. The Morgan fingerprint density at radius 1 is 0.268 bits per heavy atom. The van der Waals surface area contributed by atoms with Crippen molar-refractivity contribution in [1.82, 2.24) is 24.1 Å². The van der Waals surface area contributed by atoms with Crippen molar-refractivity contribution in [3.63, 3.8) is 0 Å². The van der Waals surface area contributed by atoms with Gasteiger partial charge in [-0.2, -0.15) is 36.8 Å². The second-order valence-corrected chi connectivity index (χ2v) is 19.3. The monoisotopic (exact) mass is 1040 g/mol. The zero-order valence-electron chi connectivity index (χ0n) is 43.0. The zero-order valence-corrected chi connectivity index (χ0v) is 43.0. The van der Waals surface area contributed by atoms with Crippen LogP contribution in [0, 0.1) is 79.3 Å². The molecule has 0 fully saturated rings. The Morgan fingerprint density at radius 2 is 0.671 bits per heavy atom. The molecule has 0 radical (unpaired) electrons. The molecular formula is C70H34N12. The molecule has 3 heterocycles. The third-order valence-electron chi connectivity index (χ3n) is 14.8. The van der Waals surface area contributed by atoms with E-state index >= 15 is 0 Å². The van der Waals surface area contributed by atoms with E-state index < -0.39 is 0 Å². The van der Waals surface area contributed by atoms with Crippen LogP contribution in [0.15, 0.2) is 206 Å². The van der Waals surface area contributed by atoms with Crippen molar-refractivity contribution in [2.45, 2.75) is 0 Å². The van der Waals surface area contributed by atoms with Crippen LogP contribution >= 0.6 is 0 Å². The highest BCUT2D eigenvalue weighted by Crippen LogP contribution is 2.45. The summed E-state index contributed by atoms with van der Waals surface area (Å²) >= 11 is 0. The normalized spacial score (nSPS) is 10.8. The molecule has 0 spiro atoms. The summed E-state index contributed by atoms with van der Waals surface area (Å²) in [6.07, 6.45) is 0. The fourth-order valence-corrected chi connectivity index (χ4v) is 11.2. The first kappa shape index (κ1) is 48.9. The molecule has 0 amide bonds. The lowest BCUT2D eigenvalue weighted by molar-refractivity contribution is 1.07. The highest BCUT2D eigenvalue weighted by atomic mass is 15.0. The largest absolute Gasteiger partial charge is 0.309 e. The minimum Gasteiger partial charge on any atom is -0.309 e. The summed E-state index contributed by atoms with van der Waals surface area (Å²) in [7, 11) is 0. The third kappa shape index (κ3) is 8.07. The number of hydrogen-bond donors (Lipinski definition) is 0. The first-order chi connectivity index (χ1) is 40.3. The Kier molecular flexibility index (Phi) is 11.9. The maximum Gasteiger partial charge on any atom is 0.164 e. The maximum atomic E-state index is 10.7. The minimum absolute atomic E-state index is 0.204. The Hall–Kier alpha value is -12.8. The molecule has 0 aliphatic rings. The standard InChI is InChI=1S/C70H34N12/c71-35-42-19-24-62(81-60-17-9-7-15-54(60)58-32-47(21-25-63(58)81)66-50(38-74)27-43(36-72)28-51(66)39-75)57(31-42)56-23-20-49(70-79-68(45-11-3-1-4-12-45)78-69(80-70)46-13-5-2-6-14-46)34-65(56)82-61-18-10-8-16-55(61)59-33-48(22-26-64(59)82)67-52(40-76)29-44(37-73)30-53(67)41-77/h1-34H. The van der Waals surface area contributed by atoms with Crippen LogP contribution in [0.2, 0.25) is 0 Å². The molecule has 12 heteroatoms. The van der Waals surface area contributed by atoms with E-state index in [-0.39, 0.29) is 33.4 Å². The van der Waals surface area contributed by atoms with E-state index in [9.17, 15) is 36.8 Å². The van der Waals surface area contributed by atoms with Crippen LogP contribution in [0.3, 0.4) is 0 Å². The summed E-state index contributed by atoms with van der Waals surface area (Å²) in [5, 5.41) is 75.2. The number of para-hydroxylation sites is 2. The number of fused-ring (bicyclic) bond motifs is 6. The van der Waals surface area contributed by atoms with Gasteiger partial charge in [0.15, 0.2) is 17.5 Å². The molecule has 0 saturated carbocycles. The molecule has 0 N–H and O–H groups in total. The molecule has 0 atom stereocenters. The first-order valence-electron chi connectivity index (χ1n) is 25.7. The van der Waals surface area contributed by atoms with E-state index in [0.29, 0.717) is 62.1 Å². The van der Waals surface area contributed by atoms with E-state index in [2.05, 4.69) is 57.7 Å². The number of aromatic nitrogens is 5. The molecule has 12 nitrogen and oxygen atoms in total. The average molecular weight is 1040 g/mol. The summed E-state index contributed by atoms with van der Waals surface area (Å²) in [4.78, 5) is 15.3. The highest BCUT2D eigenvalue weighted by Gasteiger charge is 2.25. The van der Waals surface area contributed by atoms with Crippen LogP contribution in [-0.4, -0.2) is 24.1 Å². The number of benzene rings is 10. The molecule has 13 aromatic rings. The Morgan fingerprint density at radius 3 is 1.12 bits per heavy atom. The van der Waals surface area contributed by atoms with Crippen molar-refractivity contribution < 1.29 is 0 Å². The Balaban J connectivity index is 1.10. The Labute approximate surface area is 468 Å². The van der Waals surface area contributed by atoms with E-state index in [1.165, 1.54) is 24.3 Å². The van der Waals surface area contributed by atoms with Gasteiger partial charge in [0.25, 0.3) is 0 Å². The van der Waals surface area contributed by atoms with Crippen LogP contribution in [0.1, 0.15) is 38.9 Å². The molecule has 0 aliphatic carbocycles. The lowest BCUT2D eigenvalue weighted by Crippen LogP contribution is -2.04. The van der Waals surface area contributed by atoms with E-state index in [4.69, 9.17) is 15.0 Å². The zero-order chi connectivity index (χ0) is 56.0. The SMILES string of the molecule is N#Cc1cc(C#N)c(-c2ccc3c(c2)c2ccccc2n3-c2ccc(C#N)cc2-c2ccc(-c3nc(-c4ccccc4)nc(-c4ccccc4)n3)cc2-n2c3ccccc3c3cc(-c4c(C#N)cc(C#N)cc4C#N)ccc32)c(C#N)c1. The molecule has 0 bridgehead atoms. The molecule has 0 aliphatic heterocycles. The van der Waals surface area contributed by atoms with Gasteiger partial charge in [-0.15, -0.1) is 0 Å². The molecule has 3 aromatic heterocycles. The van der Waals surface area contributed by atoms with Gasteiger partial charge >= 0.3 is 0 Å². The number of rotatable bonds is 8. The van der Waals surface area contributed by atoms with Crippen LogP contribution in [0.5, 0.6) is 0 Å². The van der Waals surface area contributed by atoms with E-state index in [0.717, 1.165) is 66.0 Å². The van der Waals surface area contributed by atoms with Gasteiger partial charge in [0.2, 0.25) is 0 Å². The average Bonchev–Trinajstić information content (AvgIpc) is 2.61. The second kappa shape index (κ2) is 20.0. The minimum atomic E-state index is 0.204. The molecule has 0 unspecified atom stereocenters. The predicted octanol–water partition coefficient (Wildman–Crippen LogP) is 15.2. The summed E-state index contributed by atoms with van der Waals surface area (Å²) in [6.45, 7) is 0. The summed E-state index contributed by atoms with van der Waals surface area (Å²) in [6, 6.07) is 80.4. The molecule has 374 valence electrons. The number of nitriles is 7. The lowest BCUT2D eigenvalue weighted by atomic mass is 9.92. The van der Waals surface area contributed by atoms with Crippen LogP contribution in [0.25, 0.3) is 123 Å². The quantitative estimate of drug-likeness (QED) is 0.140. The number of nitrogens with zero attached hydrogens (tertiary/aromatic N) is 12. The summed E-state index contributed by atoms with van der Waals surface area (Å²) in [5.41, 5.74) is 12.3. The van der Waals surface area contributed by atoms with Crippen molar-refractivity contribution in [3.8, 4) is 121 Å². The van der Waals surface area contributed by atoms with Crippen molar-refractivity contribution in [2.24, 2.45) is 0 Å².